The van der Waals surface area contributed by atoms with Crippen LogP contribution in [0.25, 0.3) is 0 Å². The molecular weight excluding hydrogens is 214 g/mol. The first-order valence-electron chi connectivity index (χ1n) is 4.64. The molecular formula is C9H15N3O2S. The van der Waals surface area contributed by atoms with Crippen LogP contribution in [0.2, 0.25) is 0 Å². The molecule has 15 heavy (non-hydrogen) atoms. The molecule has 0 aliphatic rings. The van der Waals surface area contributed by atoms with Gasteiger partial charge >= 0.3 is 0 Å². The Hall–Kier alpha value is -1.14. The fourth-order valence-electron chi connectivity index (χ4n) is 1.24. The highest BCUT2D eigenvalue weighted by Gasteiger charge is 2.07. The van der Waals surface area contributed by atoms with Gasteiger partial charge in [0.1, 0.15) is 0 Å². The number of rotatable bonds is 4. The van der Waals surface area contributed by atoms with E-state index in [1.807, 2.05) is 0 Å². The fraction of sp³-hybridized carbons (Fsp3) is 0.556. The average Bonchev–Trinajstić information content (AvgIpc) is 2.55. The van der Waals surface area contributed by atoms with E-state index in [9.17, 15) is 4.79 Å². The minimum Gasteiger partial charge on any atom is -0.390 e. The summed E-state index contributed by atoms with van der Waals surface area (Å²) in [6, 6.07) is 0. The molecule has 0 saturated carbocycles. The molecule has 0 bridgehead atoms. The van der Waals surface area contributed by atoms with E-state index < -0.39 is 0 Å². The fourth-order valence-corrected chi connectivity index (χ4v) is 1.51. The lowest BCUT2D eigenvalue weighted by Crippen LogP contribution is -2.23. The Morgan fingerprint density at radius 2 is 2.33 bits per heavy atom. The SMILES string of the molecule is CN(C)C(=O)CCn1c(CO)c[nH]c1=S. The molecule has 6 heteroatoms. The van der Waals surface area contributed by atoms with E-state index in [1.54, 1.807) is 24.9 Å². The number of imidazole rings is 1. The Labute approximate surface area is 93.3 Å². The van der Waals surface area contributed by atoms with Crippen LogP contribution < -0.4 is 0 Å². The lowest BCUT2D eigenvalue weighted by molar-refractivity contribution is -0.128. The van der Waals surface area contributed by atoms with Gasteiger partial charge in [-0.05, 0) is 12.2 Å². The maximum atomic E-state index is 11.4. The van der Waals surface area contributed by atoms with Crippen molar-refractivity contribution in [2.24, 2.45) is 0 Å². The first kappa shape index (κ1) is 11.9. The number of hydrogen-bond donors (Lipinski definition) is 2. The maximum absolute atomic E-state index is 11.4. The van der Waals surface area contributed by atoms with Crippen molar-refractivity contribution in [3.63, 3.8) is 0 Å². The quantitative estimate of drug-likeness (QED) is 0.740. The van der Waals surface area contributed by atoms with E-state index in [1.165, 1.54) is 4.90 Å². The van der Waals surface area contributed by atoms with E-state index in [0.29, 0.717) is 23.4 Å². The van der Waals surface area contributed by atoms with Gasteiger partial charge in [0.25, 0.3) is 0 Å². The third kappa shape index (κ3) is 2.90. The highest BCUT2D eigenvalue weighted by molar-refractivity contribution is 7.71. The standard InChI is InChI=1S/C9H15N3O2S/c1-11(2)8(14)3-4-12-7(6-13)5-10-9(12)15/h5,13H,3-4,6H2,1-2H3,(H,10,15). The minimum atomic E-state index is -0.0801. The Kier molecular flexibility index (Phi) is 4.05. The summed E-state index contributed by atoms with van der Waals surface area (Å²) in [5.74, 6) is 0.0435. The van der Waals surface area contributed by atoms with E-state index in [-0.39, 0.29) is 12.5 Å². The first-order chi connectivity index (χ1) is 7.06. The van der Waals surface area contributed by atoms with Crippen LogP contribution in [0.3, 0.4) is 0 Å². The second kappa shape index (κ2) is 5.09. The number of aliphatic hydroxyl groups excluding tert-OH is 1. The molecule has 84 valence electrons. The molecule has 0 spiro atoms. The number of carbonyl (C=O) groups is 1. The number of H-pyrrole nitrogens is 1. The zero-order chi connectivity index (χ0) is 11.4. The smallest absolute Gasteiger partial charge is 0.223 e. The number of amides is 1. The number of aromatic nitrogens is 2. The number of carbonyl (C=O) groups excluding carboxylic acids is 1. The molecule has 1 heterocycles. The molecule has 0 radical (unpaired) electrons. The number of nitrogens with zero attached hydrogens (tertiary/aromatic N) is 2. The van der Waals surface area contributed by atoms with Gasteiger partial charge in [0.05, 0.1) is 12.3 Å². The normalized spacial score (nSPS) is 10.3. The van der Waals surface area contributed by atoms with Crippen LogP contribution in [0.15, 0.2) is 6.20 Å². The zero-order valence-electron chi connectivity index (χ0n) is 8.86. The lowest BCUT2D eigenvalue weighted by Gasteiger charge is -2.11. The topological polar surface area (TPSA) is 61.3 Å². The third-order valence-electron chi connectivity index (χ3n) is 2.16. The molecule has 0 aromatic carbocycles. The predicted molar refractivity (Wildman–Crippen MR) is 58.9 cm³/mol. The van der Waals surface area contributed by atoms with Gasteiger partial charge in [0.15, 0.2) is 4.77 Å². The van der Waals surface area contributed by atoms with Gasteiger partial charge in [-0.2, -0.15) is 0 Å². The minimum absolute atomic E-state index is 0.0435. The van der Waals surface area contributed by atoms with Gasteiger partial charge in [-0.15, -0.1) is 0 Å². The molecule has 1 aromatic rings. The van der Waals surface area contributed by atoms with Gasteiger partial charge in [0.2, 0.25) is 5.91 Å². The highest BCUT2D eigenvalue weighted by atomic mass is 32.1. The van der Waals surface area contributed by atoms with Crippen molar-refractivity contribution in [2.45, 2.75) is 19.6 Å². The molecule has 0 atom stereocenters. The Morgan fingerprint density at radius 3 is 2.87 bits per heavy atom. The van der Waals surface area contributed by atoms with Crippen molar-refractivity contribution in [3.05, 3.63) is 16.7 Å². The Bertz CT molecular complexity index is 394. The van der Waals surface area contributed by atoms with Crippen molar-refractivity contribution in [1.29, 1.82) is 0 Å². The predicted octanol–water partition coefficient (Wildman–Crippen LogP) is 0.516. The number of aromatic amines is 1. The van der Waals surface area contributed by atoms with Crippen molar-refractivity contribution in [2.75, 3.05) is 14.1 Å². The van der Waals surface area contributed by atoms with Crippen molar-refractivity contribution in [3.8, 4) is 0 Å². The molecule has 0 fully saturated rings. The van der Waals surface area contributed by atoms with Gasteiger partial charge in [-0.3, -0.25) is 4.79 Å². The zero-order valence-corrected chi connectivity index (χ0v) is 9.67. The third-order valence-corrected chi connectivity index (χ3v) is 2.50. The molecule has 1 aromatic heterocycles. The Morgan fingerprint density at radius 1 is 1.67 bits per heavy atom. The average molecular weight is 229 g/mol. The summed E-state index contributed by atoms with van der Waals surface area (Å²) in [5.41, 5.74) is 0.701. The van der Waals surface area contributed by atoms with Gasteiger partial charge in [-0.1, -0.05) is 0 Å². The van der Waals surface area contributed by atoms with Crippen LogP contribution >= 0.6 is 12.2 Å². The maximum Gasteiger partial charge on any atom is 0.223 e. The van der Waals surface area contributed by atoms with Crippen LogP contribution in [-0.4, -0.2) is 39.6 Å². The molecule has 1 rings (SSSR count). The van der Waals surface area contributed by atoms with E-state index >= 15 is 0 Å². The van der Waals surface area contributed by atoms with Crippen molar-refractivity contribution in [1.82, 2.24) is 14.5 Å². The second-order valence-corrected chi connectivity index (χ2v) is 3.82. The molecule has 0 saturated heterocycles. The van der Waals surface area contributed by atoms with Crippen LogP contribution in [0.5, 0.6) is 0 Å². The van der Waals surface area contributed by atoms with Crippen LogP contribution in [0.1, 0.15) is 12.1 Å². The summed E-state index contributed by atoms with van der Waals surface area (Å²) in [7, 11) is 3.43. The van der Waals surface area contributed by atoms with Crippen LogP contribution in [0.4, 0.5) is 0 Å². The second-order valence-electron chi connectivity index (χ2n) is 3.43. The summed E-state index contributed by atoms with van der Waals surface area (Å²) >= 11 is 5.03. The number of hydrogen-bond acceptors (Lipinski definition) is 3. The molecule has 1 amide bonds. The van der Waals surface area contributed by atoms with E-state index in [4.69, 9.17) is 17.3 Å². The largest absolute Gasteiger partial charge is 0.390 e. The number of nitrogens with one attached hydrogen (secondary N) is 1. The van der Waals surface area contributed by atoms with Gasteiger partial charge in [-0.25, -0.2) is 0 Å². The summed E-state index contributed by atoms with van der Waals surface area (Å²) < 4.78 is 2.27. The molecule has 2 N–H and O–H groups in total. The van der Waals surface area contributed by atoms with Gasteiger partial charge in [0, 0.05) is 33.3 Å². The van der Waals surface area contributed by atoms with Crippen molar-refractivity contribution >= 4 is 18.1 Å². The number of aliphatic hydroxyl groups is 1. The molecule has 0 unspecified atom stereocenters. The molecule has 0 aliphatic heterocycles. The van der Waals surface area contributed by atoms with E-state index in [0.717, 1.165) is 0 Å². The Balaban J connectivity index is 2.68. The molecule has 0 aliphatic carbocycles. The van der Waals surface area contributed by atoms with Gasteiger partial charge < -0.3 is 19.6 Å². The monoisotopic (exact) mass is 229 g/mol. The highest BCUT2D eigenvalue weighted by Crippen LogP contribution is 2.03. The van der Waals surface area contributed by atoms with Crippen molar-refractivity contribution < 1.29 is 9.90 Å². The summed E-state index contributed by atoms with van der Waals surface area (Å²) in [6.45, 7) is 0.415. The molecule has 5 nitrogen and oxygen atoms in total. The first-order valence-corrected chi connectivity index (χ1v) is 5.05. The van der Waals surface area contributed by atoms with E-state index in [2.05, 4.69) is 4.98 Å². The summed E-state index contributed by atoms with van der Waals surface area (Å²) in [4.78, 5) is 15.7. The summed E-state index contributed by atoms with van der Waals surface area (Å²) in [5, 5.41) is 9.02. The van der Waals surface area contributed by atoms with Crippen LogP contribution in [-0.2, 0) is 17.9 Å². The summed E-state index contributed by atoms with van der Waals surface area (Å²) in [6.07, 6.45) is 2.04. The van der Waals surface area contributed by atoms with Crippen LogP contribution in [0, 0.1) is 4.77 Å². The lowest BCUT2D eigenvalue weighted by atomic mass is 10.3.